The van der Waals surface area contributed by atoms with Gasteiger partial charge in [0.15, 0.2) is 5.13 Å². The average Bonchev–Trinajstić information content (AvgIpc) is 3.03. The Morgan fingerprint density at radius 1 is 1.32 bits per heavy atom. The molecule has 3 rings (SSSR count). The van der Waals surface area contributed by atoms with Gasteiger partial charge in [-0.15, -0.1) is 0 Å². The lowest BCUT2D eigenvalue weighted by molar-refractivity contribution is -0.380. The molecule has 7 nitrogen and oxygen atoms in total. The van der Waals surface area contributed by atoms with Crippen LogP contribution in [0.2, 0.25) is 0 Å². The van der Waals surface area contributed by atoms with E-state index in [2.05, 4.69) is 25.6 Å². The lowest BCUT2D eigenvalue weighted by atomic mass is 10.3. The molecule has 3 aromatic rings. The number of fused-ring (bicyclic) bond motifs is 1. The summed E-state index contributed by atoms with van der Waals surface area (Å²) in [5.74, 6) is 0. The van der Waals surface area contributed by atoms with Gasteiger partial charge in [0.1, 0.15) is 4.90 Å². The van der Waals surface area contributed by atoms with E-state index < -0.39 is 14.9 Å². The molecule has 0 saturated carbocycles. The number of benzene rings is 1. The van der Waals surface area contributed by atoms with E-state index in [-0.39, 0.29) is 15.0 Å². The van der Waals surface area contributed by atoms with Gasteiger partial charge in [0, 0.05) is 15.9 Å². The fraction of sp³-hybridized carbons (Fsp3) is 0. The molecule has 0 aliphatic carbocycles. The minimum Gasteiger partial charge on any atom is -0.258 e. The third-order valence-corrected chi connectivity index (χ3v) is 6.53. The second-order valence-corrected chi connectivity index (χ2v) is 8.63. The summed E-state index contributed by atoms with van der Waals surface area (Å²) in [6.07, 6.45) is 0. The first-order chi connectivity index (χ1) is 10.3. The van der Waals surface area contributed by atoms with Crippen molar-refractivity contribution in [2.45, 2.75) is 4.90 Å². The minimum atomic E-state index is -3.89. The number of nitrogens with one attached hydrogen (secondary N) is 1. The smallest absolute Gasteiger partial charge is 0.258 e. The monoisotopic (exact) mass is 419 g/mol. The van der Waals surface area contributed by atoms with Crippen molar-refractivity contribution < 1.29 is 13.3 Å². The lowest BCUT2D eigenvalue weighted by Gasteiger charge is -2.01. The number of anilines is 1. The first-order valence-electron chi connectivity index (χ1n) is 5.67. The second-order valence-electron chi connectivity index (χ2n) is 4.11. The van der Waals surface area contributed by atoms with E-state index in [0.29, 0.717) is 5.52 Å². The number of thiophene rings is 1. The number of sulfonamides is 1. The van der Waals surface area contributed by atoms with Crippen LogP contribution < -0.4 is 4.72 Å². The molecule has 2 aromatic heterocycles. The number of thiazole rings is 1. The summed E-state index contributed by atoms with van der Waals surface area (Å²) in [6.45, 7) is 0. The van der Waals surface area contributed by atoms with Gasteiger partial charge in [-0.1, -0.05) is 38.6 Å². The number of hydrogen-bond donors (Lipinski definition) is 1. The molecule has 0 bridgehead atoms. The Hall–Kier alpha value is -1.56. The van der Waals surface area contributed by atoms with Crippen LogP contribution in [0.5, 0.6) is 0 Å². The fourth-order valence-electron chi connectivity index (χ4n) is 1.66. The molecule has 0 radical (unpaired) electrons. The molecule has 114 valence electrons. The molecule has 0 fully saturated rings. The van der Waals surface area contributed by atoms with Crippen LogP contribution in [0.25, 0.3) is 10.2 Å². The number of nitro groups is 1. The lowest BCUT2D eigenvalue weighted by Crippen LogP contribution is -2.11. The number of aromatic nitrogens is 1. The molecule has 0 unspecified atom stereocenters. The van der Waals surface area contributed by atoms with Crippen LogP contribution in [0.4, 0.5) is 10.1 Å². The maximum atomic E-state index is 12.2. The van der Waals surface area contributed by atoms with Crippen molar-refractivity contribution in [3.63, 3.8) is 0 Å². The quantitative estimate of drug-likeness (QED) is 0.511. The van der Waals surface area contributed by atoms with Gasteiger partial charge in [-0.2, -0.15) is 0 Å². The molecular weight excluding hydrogens is 414 g/mol. The van der Waals surface area contributed by atoms with Gasteiger partial charge >= 0.3 is 5.00 Å². The van der Waals surface area contributed by atoms with Crippen LogP contribution in [0.3, 0.4) is 0 Å². The summed E-state index contributed by atoms with van der Waals surface area (Å²) in [7, 11) is -3.89. The van der Waals surface area contributed by atoms with E-state index in [4.69, 9.17) is 0 Å². The highest BCUT2D eigenvalue weighted by Crippen LogP contribution is 2.31. The van der Waals surface area contributed by atoms with Crippen molar-refractivity contribution in [3.8, 4) is 0 Å². The van der Waals surface area contributed by atoms with Gasteiger partial charge in [-0.25, -0.2) is 13.4 Å². The van der Waals surface area contributed by atoms with Gasteiger partial charge < -0.3 is 0 Å². The Labute approximate surface area is 141 Å². The maximum absolute atomic E-state index is 12.2. The molecule has 0 spiro atoms. The highest BCUT2D eigenvalue weighted by atomic mass is 79.9. The first kappa shape index (κ1) is 15.3. The molecular formula is C11H6BrN3O4S3. The van der Waals surface area contributed by atoms with Crippen LogP contribution in [-0.4, -0.2) is 18.3 Å². The van der Waals surface area contributed by atoms with E-state index in [1.165, 1.54) is 16.7 Å². The SMILES string of the molecule is O=[N+]([O-])c1cc(S(=O)(=O)Nc2nc3ccc(Br)cc3s2)cs1. The molecule has 0 amide bonds. The van der Waals surface area contributed by atoms with E-state index in [0.717, 1.165) is 26.6 Å². The Kier molecular flexibility index (Phi) is 3.89. The van der Waals surface area contributed by atoms with Crippen LogP contribution in [0.15, 0.2) is 39.0 Å². The van der Waals surface area contributed by atoms with E-state index in [9.17, 15) is 18.5 Å². The number of nitrogens with zero attached hydrogens (tertiary/aromatic N) is 2. The van der Waals surface area contributed by atoms with Crippen LogP contribution >= 0.6 is 38.6 Å². The highest BCUT2D eigenvalue weighted by Gasteiger charge is 2.21. The zero-order valence-corrected chi connectivity index (χ0v) is 14.6. The Bertz CT molecular complexity index is 980. The third-order valence-electron chi connectivity index (χ3n) is 2.62. The van der Waals surface area contributed by atoms with Gasteiger partial charge in [-0.05, 0) is 18.2 Å². The number of hydrogen-bond acceptors (Lipinski definition) is 7. The normalized spacial score (nSPS) is 11.7. The van der Waals surface area contributed by atoms with Crippen molar-refractivity contribution in [1.29, 1.82) is 0 Å². The zero-order chi connectivity index (χ0) is 15.9. The number of rotatable bonds is 4. The standard InChI is InChI=1S/C11H6BrN3O4S3/c12-6-1-2-8-9(3-6)21-11(13-8)14-22(18,19)7-4-10(15(16)17)20-5-7/h1-5H,(H,13,14). The highest BCUT2D eigenvalue weighted by molar-refractivity contribution is 9.10. The topological polar surface area (TPSA) is 102 Å². The average molecular weight is 420 g/mol. The summed E-state index contributed by atoms with van der Waals surface area (Å²) < 4.78 is 28.5. The molecule has 0 atom stereocenters. The van der Waals surface area contributed by atoms with Crippen LogP contribution in [0, 0.1) is 10.1 Å². The van der Waals surface area contributed by atoms with Gasteiger partial charge in [0.2, 0.25) is 0 Å². The molecule has 11 heteroatoms. The van der Waals surface area contributed by atoms with Crippen molar-refractivity contribution in [1.82, 2.24) is 4.98 Å². The van der Waals surface area contributed by atoms with Crippen molar-refractivity contribution in [2.24, 2.45) is 0 Å². The Morgan fingerprint density at radius 3 is 2.77 bits per heavy atom. The summed E-state index contributed by atoms with van der Waals surface area (Å²) in [4.78, 5) is 14.0. The summed E-state index contributed by atoms with van der Waals surface area (Å²) in [5.41, 5.74) is 0.669. The second kappa shape index (κ2) is 5.57. The minimum absolute atomic E-state index is 0.148. The molecule has 22 heavy (non-hydrogen) atoms. The van der Waals surface area contributed by atoms with E-state index >= 15 is 0 Å². The molecule has 0 aliphatic rings. The zero-order valence-electron chi connectivity index (χ0n) is 10.5. The summed E-state index contributed by atoms with van der Waals surface area (Å²) in [5, 5.41) is 11.8. The molecule has 2 heterocycles. The van der Waals surface area contributed by atoms with Gasteiger partial charge in [0.25, 0.3) is 10.0 Å². The third kappa shape index (κ3) is 2.97. The molecule has 0 aliphatic heterocycles. The molecule has 0 saturated heterocycles. The first-order valence-corrected chi connectivity index (χ1v) is 9.64. The Balaban J connectivity index is 1.93. The Morgan fingerprint density at radius 2 is 2.09 bits per heavy atom. The summed E-state index contributed by atoms with van der Waals surface area (Å²) in [6, 6.07) is 6.43. The van der Waals surface area contributed by atoms with Crippen LogP contribution in [-0.2, 0) is 10.0 Å². The molecule has 1 aromatic carbocycles. The van der Waals surface area contributed by atoms with E-state index in [1.807, 2.05) is 12.1 Å². The maximum Gasteiger partial charge on any atom is 0.325 e. The van der Waals surface area contributed by atoms with E-state index in [1.54, 1.807) is 6.07 Å². The predicted octanol–water partition coefficient (Wildman–Crippen LogP) is 3.83. The fourth-order valence-corrected chi connectivity index (χ4v) is 5.40. The van der Waals surface area contributed by atoms with Crippen molar-refractivity contribution >= 4 is 69.0 Å². The predicted molar refractivity (Wildman–Crippen MR) is 89.1 cm³/mol. The summed E-state index contributed by atoms with van der Waals surface area (Å²) >= 11 is 5.28. The van der Waals surface area contributed by atoms with Crippen molar-refractivity contribution in [2.75, 3.05) is 4.72 Å². The number of halogens is 1. The van der Waals surface area contributed by atoms with Crippen LogP contribution in [0.1, 0.15) is 0 Å². The van der Waals surface area contributed by atoms with Gasteiger partial charge in [-0.3, -0.25) is 14.8 Å². The van der Waals surface area contributed by atoms with Gasteiger partial charge in [0.05, 0.1) is 15.1 Å². The largest absolute Gasteiger partial charge is 0.325 e. The van der Waals surface area contributed by atoms with Crippen molar-refractivity contribution in [3.05, 3.63) is 44.2 Å². The molecule has 1 N–H and O–H groups in total.